The molecule has 1 fully saturated rings. The molecule has 1 heterocycles. The van der Waals surface area contributed by atoms with E-state index in [4.69, 9.17) is 9.84 Å². The highest BCUT2D eigenvalue weighted by Gasteiger charge is 2.27. The predicted octanol–water partition coefficient (Wildman–Crippen LogP) is 2.17. The van der Waals surface area contributed by atoms with E-state index >= 15 is 0 Å². The van der Waals surface area contributed by atoms with Crippen LogP contribution < -0.4 is 4.74 Å². The van der Waals surface area contributed by atoms with E-state index in [1.807, 2.05) is 0 Å². The molecule has 1 aliphatic heterocycles. The first-order chi connectivity index (χ1) is 10.5. The highest BCUT2D eigenvalue weighted by Crippen LogP contribution is 2.19. The Morgan fingerprint density at radius 1 is 1.45 bits per heavy atom. The lowest BCUT2D eigenvalue weighted by Gasteiger charge is -2.29. The Balaban J connectivity index is 2.01. The van der Waals surface area contributed by atoms with Crippen molar-refractivity contribution in [1.82, 2.24) is 4.90 Å². The van der Waals surface area contributed by atoms with Gasteiger partial charge in [-0.25, -0.2) is 4.39 Å². The lowest BCUT2D eigenvalue weighted by molar-refractivity contribution is -0.144. The standard InChI is InChI=1S/C16H18FNO4/c1-22-14-6-4-11(9-13(14)17)5-7-15(19)18-8-2-3-12(10-18)16(20)21/h4-7,9,12H,2-3,8,10H2,1H3,(H,20,21). The van der Waals surface area contributed by atoms with Gasteiger partial charge in [-0.1, -0.05) is 6.07 Å². The summed E-state index contributed by atoms with van der Waals surface area (Å²) >= 11 is 0. The van der Waals surface area contributed by atoms with E-state index in [0.717, 1.165) is 0 Å². The van der Waals surface area contributed by atoms with Crippen molar-refractivity contribution in [2.75, 3.05) is 20.2 Å². The van der Waals surface area contributed by atoms with Crippen LogP contribution in [0.4, 0.5) is 4.39 Å². The largest absolute Gasteiger partial charge is 0.494 e. The number of benzene rings is 1. The third-order valence-electron chi connectivity index (χ3n) is 3.68. The van der Waals surface area contributed by atoms with Crippen LogP contribution in [0.15, 0.2) is 24.3 Å². The number of likely N-dealkylation sites (tertiary alicyclic amines) is 1. The van der Waals surface area contributed by atoms with Crippen LogP contribution in [0.25, 0.3) is 6.08 Å². The van der Waals surface area contributed by atoms with Crippen LogP contribution in [-0.4, -0.2) is 42.1 Å². The van der Waals surface area contributed by atoms with Gasteiger partial charge in [-0.05, 0) is 36.6 Å². The molecule has 5 nitrogen and oxygen atoms in total. The summed E-state index contributed by atoms with van der Waals surface area (Å²) in [6, 6.07) is 4.40. The highest BCUT2D eigenvalue weighted by molar-refractivity contribution is 5.92. The monoisotopic (exact) mass is 307 g/mol. The van der Waals surface area contributed by atoms with Gasteiger partial charge in [-0.15, -0.1) is 0 Å². The smallest absolute Gasteiger partial charge is 0.308 e. The van der Waals surface area contributed by atoms with Crippen molar-refractivity contribution >= 4 is 18.0 Å². The number of carbonyl (C=O) groups is 2. The van der Waals surface area contributed by atoms with E-state index in [-0.39, 0.29) is 18.2 Å². The molecule has 0 saturated carbocycles. The van der Waals surface area contributed by atoms with Crippen LogP contribution in [0.3, 0.4) is 0 Å². The summed E-state index contributed by atoms with van der Waals surface area (Å²) in [5.74, 6) is -2.00. The number of piperidine rings is 1. The second kappa shape index (κ2) is 7.06. The fraction of sp³-hybridized carbons (Fsp3) is 0.375. The molecule has 0 aliphatic carbocycles. The fourth-order valence-corrected chi connectivity index (χ4v) is 2.44. The van der Waals surface area contributed by atoms with Crippen molar-refractivity contribution in [2.45, 2.75) is 12.8 Å². The summed E-state index contributed by atoms with van der Waals surface area (Å²) in [7, 11) is 1.38. The molecule has 0 bridgehead atoms. The Bertz CT molecular complexity index is 600. The first-order valence-corrected chi connectivity index (χ1v) is 7.04. The molecular formula is C16H18FNO4. The number of hydrogen-bond donors (Lipinski definition) is 1. The van der Waals surface area contributed by atoms with Crippen LogP contribution in [0.1, 0.15) is 18.4 Å². The maximum Gasteiger partial charge on any atom is 0.308 e. The van der Waals surface area contributed by atoms with Crippen LogP contribution in [-0.2, 0) is 9.59 Å². The molecule has 0 radical (unpaired) electrons. The van der Waals surface area contributed by atoms with Crippen LogP contribution in [0.5, 0.6) is 5.75 Å². The number of carboxylic acids is 1. The number of halogens is 1. The lowest BCUT2D eigenvalue weighted by Crippen LogP contribution is -2.41. The third-order valence-corrected chi connectivity index (χ3v) is 3.68. The zero-order valence-corrected chi connectivity index (χ0v) is 12.3. The number of rotatable bonds is 4. The van der Waals surface area contributed by atoms with Gasteiger partial charge in [-0.3, -0.25) is 9.59 Å². The highest BCUT2D eigenvalue weighted by atomic mass is 19.1. The van der Waals surface area contributed by atoms with Crippen molar-refractivity contribution in [2.24, 2.45) is 5.92 Å². The zero-order chi connectivity index (χ0) is 16.1. The molecule has 1 atom stereocenters. The van der Waals surface area contributed by atoms with Gasteiger partial charge >= 0.3 is 5.97 Å². The van der Waals surface area contributed by atoms with Crippen molar-refractivity contribution in [3.63, 3.8) is 0 Å². The van der Waals surface area contributed by atoms with Gasteiger partial charge in [0, 0.05) is 19.2 Å². The number of amides is 1. The summed E-state index contributed by atoms with van der Waals surface area (Å²) in [5, 5.41) is 9.02. The lowest BCUT2D eigenvalue weighted by atomic mass is 9.98. The summed E-state index contributed by atoms with van der Waals surface area (Å²) in [6.45, 7) is 0.763. The van der Waals surface area contributed by atoms with Crippen molar-refractivity contribution in [3.8, 4) is 5.75 Å². The van der Waals surface area contributed by atoms with E-state index in [1.54, 1.807) is 6.07 Å². The van der Waals surface area contributed by atoms with E-state index in [2.05, 4.69) is 0 Å². The number of carboxylic acid groups (broad SMARTS) is 1. The minimum atomic E-state index is -0.876. The van der Waals surface area contributed by atoms with Gasteiger partial charge in [0.25, 0.3) is 0 Å². The number of hydrogen-bond acceptors (Lipinski definition) is 3. The van der Waals surface area contributed by atoms with Crippen molar-refractivity contribution < 1.29 is 23.8 Å². The number of carbonyl (C=O) groups excluding carboxylic acids is 1. The van der Waals surface area contributed by atoms with Gasteiger partial charge in [-0.2, -0.15) is 0 Å². The Hall–Kier alpha value is -2.37. The molecule has 1 amide bonds. The molecule has 2 rings (SSSR count). The Kier molecular flexibility index (Phi) is 5.14. The van der Waals surface area contributed by atoms with Gasteiger partial charge in [0.05, 0.1) is 13.0 Å². The first-order valence-electron chi connectivity index (χ1n) is 7.04. The molecule has 6 heteroatoms. The quantitative estimate of drug-likeness (QED) is 0.866. The summed E-state index contributed by atoms with van der Waals surface area (Å²) in [6.07, 6.45) is 4.11. The molecule has 22 heavy (non-hydrogen) atoms. The van der Waals surface area contributed by atoms with Crippen LogP contribution in [0, 0.1) is 11.7 Å². The van der Waals surface area contributed by atoms with Crippen molar-refractivity contribution in [3.05, 3.63) is 35.7 Å². The van der Waals surface area contributed by atoms with Gasteiger partial charge in [0.15, 0.2) is 11.6 Å². The average molecular weight is 307 g/mol. The molecular weight excluding hydrogens is 289 g/mol. The Morgan fingerprint density at radius 3 is 2.86 bits per heavy atom. The van der Waals surface area contributed by atoms with E-state index in [9.17, 15) is 14.0 Å². The third kappa shape index (κ3) is 3.84. The van der Waals surface area contributed by atoms with Gasteiger partial charge < -0.3 is 14.7 Å². The van der Waals surface area contributed by atoms with Crippen LogP contribution >= 0.6 is 0 Å². The predicted molar refractivity (Wildman–Crippen MR) is 78.9 cm³/mol. The topological polar surface area (TPSA) is 66.8 Å². The van der Waals surface area contributed by atoms with E-state index in [0.29, 0.717) is 24.9 Å². The fourth-order valence-electron chi connectivity index (χ4n) is 2.44. The van der Waals surface area contributed by atoms with Crippen molar-refractivity contribution in [1.29, 1.82) is 0 Å². The molecule has 1 aliphatic rings. The van der Waals surface area contributed by atoms with Crippen LogP contribution in [0.2, 0.25) is 0 Å². The van der Waals surface area contributed by atoms with E-state index < -0.39 is 17.7 Å². The average Bonchev–Trinajstić information content (AvgIpc) is 2.52. The number of aliphatic carboxylic acids is 1. The zero-order valence-electron chi connectivity index (χ0n) is 12.3. The number of methoxy groups -OCH3 is 1. The molecule has 0 aromatic heterocycles. The summed E-state index contributed by atoms with van der Waals surface area (Å²) < 4.78 is 18.4. The SMILES string of the molecule is COc1ccc(C=CC(=O)N2CCCC(C(=O)O)C2)cc1F. The van der Waals surface area contributed by atoms with Gasteiger partial charge in [0.2, 0.25) is 5.91 Å². The minimum Gasteiger partial charge on any atom is -0.494 e. The number of nitrogens with zero attached hydrogens (tertiary/aromatic N) is 1. The molecule has 1 aromatic rings. The molecule has 1 aromatic carbocycles. The maximum absolute atomic E-state index is 13.6. The normalized spacial score (nSPS) is 18.5. The summed E-state index contributed by atoms with van der Waals surface area (Å²) in [4.78, 5) is 24.6. The second-order valence-electron chi connectivity index (χ2n) is 5.19. The van der Waals surface area contributed by atoms with Gasteiger partial charge in [0.1, 0.15) is 0 Å². The molecule has 118 valence electrons. The Morgan fingerprint density at radius 2 is 2.23 bits per heavy atom. The molecule has 0 spiro atoms. The molecule has 1 unspecified atom stereocenters. The maximum atomic E-state index is 13.6. The minimum absolute atomic E-state index is 0.142. The molecule has 1 N–H and O–H groups in total. The first kappa shape index (κ1) is 16.0. The Labute approximate surface area is 128 Å². The number of ether oxygens (including phenoxy) is 1. The van der Waals surface area contributed by atoms with E-state index in [1.165, 1.54) is 36.3 Å². The molecule has 1 saturated heterocycles. The second-order valence-corrected chi connectivity index (χ2v) is 5.19. The summed E-state index contributed by atoms with van der Waals surface area (Å²) in [5.41, 5.74) is 0.540.